The van der Waals surface area contributed by atoms with Gasteiger partial charge in [-0.15, -0.1) is 0 Å². The first-order chi connectivity index (χ1) is 8.25. The molecule has 2 rings (SSSR count). The highest BCUT2D eigenvalue weighted by atomic mass is 15.2. The van der Waals surface area contributed by atoms with Crippen molar-refractivity contribution in [2.24, 2.45) is 0 Å². The van der Waals surface area contributed by atoms with Crippen LogP contribution in [0.1, 0.15) is 38.5 Å². The van der Waals surface area contributed by atoms with Crippen molar-refractivity contribution in [3.63, 3.8) is 0 Å². The summed E-state index contributed by atoms with van der Waals surface area (Å²) in [6.45, 7) is 5.15. The zero-order chi connectivity index (χ0) is 12.1. The lowest BCUT2D eigenvalue weighted by Crippen LogP contribution is -2.31. The minimum atomic E-state index is 0.798. The maximum atomic E-state index is 3.59. The van der Waals surface area contributed by atoms with Crippen molar-refractivity contribution in [2.45, 2.75) is 50.6 Å². The third-order valence-electron chi connectivity index (χ3n) is 4.14. The molecule has 3 heteroatoms. The number of hydrogen-bond acceptors (Lipinski definition) is 3. The van der Waals surface area contributed by atoms with E-state index in [0.717, 1.165) is 12.1 Å². The summed E-state index contributed by atoms with van der Waals surface area (Å²) in [5.41, 5.74) is 0. The Morgan fingerprint density at radius 3 is 2.59 bits per heavy atom. The second-order valence-corrected chi connectivity index (χ2v) is 6.00. The zero-order valence-corrected chi connectivity index (χ0v) is 11.6. The number of likely N-dealkylation sites (N-methyl/N-ethyl adjacent to an activating group) is 1. The standard InChI is InChI=1S/C14H29N3/c1-16(2)14-8-11-17(12-14)10-5-3-4-9-15-13-6-7-13/h13-15H,3-12H2,1-2H3. The van der Waals surface area contributed by atoms with E-state index in [9.17, 15) is 0 Å². The van der Waals surface area contributed by atoms with Crippen LogP contribution < -0.4 is 5.32 Å². The van der Waals surface area contributed by atoms with Crippen LogP contribution in [0.4, 0.5) is 0 Å². The van der Waals surface area contributed by atoms with Crippen LogP contribution in [-0.2, 0) is 0 Å². The summed E-state index contributed by atoms with van der Waals surface area (Å²) in [7, 11) is 4.41. The predicted octanol–water partition coefficient (Wildman–Crippen LogP) is 1.54. The number of likely N-dealkylation sites (tertiary alicyclic amines) is 1. The normalized spacial score (nSPS) is 25.9. The summed E-state index contributed by atoms with van der Waals surface area (Å²) in [6.07, 6.45) is 8.33. The average Bonchev–Trinajstić information content (AvgIpc) is 3.00. The molecule has 1 unspecified atom stereocenters. The molecule has 0 aromatic carbocycles. The van der Waals surface area contributed by atoms with Gasteiger partial charge in [-0.2, -0.15) is 0 Å². The molecule has 0 aromatic heterocycles. The highest BCUT2D eigenvalue weighted by Gasteiger charge is 2.23. The highest BCUT2D eigenvalue weighted by Crippen LogP contribution is 2.18. The molecule has 2 aliphatic rings. The van der Waals surface area contributed by atoms with Crippen molar-refractivity contribution < 1.29 is 0 Å². The highest BCUT2D eigenvalue weighted by molar-refractivity contribution is 4.81. The molecular weight excluding hydrogens is 210 g/mol. The largest absolute Gasteiger partial charge is 0.314 e. The Morgan fingerprint density at radius 2 is 1.94 bits per heavy atom. The molecule has 1 saturated carbocycles. The van der Waals surface area contributed by atoms with E-state index in [1.807, 2.05) is 0 Å². The molecule has 0 radical (unpaired) electrons. The average molecular weight is 239 g/mol. The fourth-order valence-electron chi connectivity index (χ4n) is 2.67. The quantitative estimate of drug-likeness (QED) is 0.648. The van der Waals surface area contributed by atoms with Gasteiger partial charge in [-0.05, 0) is 65.8 Å². The summed E-state index contributed by atoms with van der Waals surface area (Å²) in [5, 5.41) is 3.59. The van der Waals surface area contributed by atoms with E-state index >= 15 is 0 Å². The summed E-state index contributed by atoms with van der Waals surface area (Å²) < 4.78 is 0. The van der Waals surface area contributed by atoms with E-state index in [1.54, 1.807) is 0 Å². The van der Waals surface area contributed by atoms with Crippen molar-refractivity contribution in [1.29, 1.82) is 0 Å². The molecule has 3 nitrogen and oxygen atoms in total. The zero-order valence-electron chi connectivity index (χ0n) is 11.6. The Balaban J connectivity index is 1.42. The van der Waals surface area contributed by atoms with Crippen LogP contribution >= 0.6 is 0 Å². The van der Waals surface area contributed by atoms with Gasteiger partial charge in [0.1, 0.15) is 0 Å². The second kappa shape index (κ2) is 6.72. The maximum absolute atomic E-state index is 3.59. The molecule has 0 aromatic rings. The smallest absolute Gasteiger partial charge is 0.0229 e. The molecule has 100 valence electrons. The van der Waals surface area contributed by atoms with E-state index in [4.69, 9.17) is 0 Å². The summed E-state index contributed by atoms with van der Waals surface area (Å²) in [5.74, 6) is 0. The number of nitrogens with zero attached hydrogens (tertiary/aromatic N) is 2. The van der Waals surface area contributed by atoms with Gasteiger partial charge in [-0.3, -0.25) is 0 Å². The molecule has 1 saturated heterocycles. The van der Waals surface area contributed by atoms with Gasteiger partial charge in [0.25, 0.3) is 0 Å². The summed E-state index contributed by atoms with van der Waals surface area (Å²) in [4.78, 5) is 5.01. The second-order valence-electron chi connectivity index (χ2n) is 6.00. The molecule has 0 bridgehead atoms. The maximum Gasteiger partial charge on any atom is 0.0229 e. The van der Waals surface area contributed by atoms with Crippen LogP contribution in [-0.4, -0.2) is 62.2 Å². The van der Waals surface area contributed by atoms with E-state index in [0.29, 0.717) is 0 Å². The Bertz CT molecular complexity index is 214. The van der Waals surface area contributed by atoms with Gasteiger partial charge in [0.2, 0.25) is 0 Å². The lowest BCUT2D eigenvalue weighted by atomic mass is 10.2. The molecular formula is C14H29N3. The summed E-state index contributed by atoms with van der Waals surface area (Å²) >= 11 is 0. The fourth-order valence-corrected chi connectivity index (χ4v) is 2.67. The predicted molar refractivity (Wildman–Crippen MR) is 73.4 cm³/mol. The van der Waals surface area contributed by atoms with Gasteiger partial charge in [-0.25, -0.2) is 0 Å². The van der Waals surface area contributed by atoms with Gasteiger partial charge in [0, 0.05) is 18.6 Å². The van der Waals surface area contributed by atoms with Crippen molar-refractivity contribution in [2.75, 3.05) is 40.3 Å². The number of nitrogens with one attached hydrogen (secondary N) is 1. The molecule has 1 atom stereocenters. The van der Waals surface area contributed by atoms with Crippen LogP contribution in [0, 0.1) is 0 Å². The molecule has 1 N–H and O–H groups in total. The van der Waals surface area contributed by atoms with Crippen LogP contribution in [0.2, 0.25) is 0 Å². The topological polar surface area (TPSA) is 18.5 Å². The van der Waals surface area contributed by atoms with Crippen LogP contribution in [0.15, 0.2) is 0 Å². The van der Waals surface area contributed by atoms with Crippen LogP contribution in [0.5, 0.6) is 0 Å². The van der Waals surface area contributed by atoms with Crippen molar-refractivity contribution in [1.82, 2.24) is 15.1 Å². The van der Waals surface area contributed by atoms with Gasteiger partial charge in [0.15, 0.2) is 0 Å². The van der Waals surface area contributed by atoms with Crippen LogP contribution in [0.3, 0.4) is 0 Å². The molecule has 17 heavy (non-hydrogen) atoms. The van der Waals surface area contributed by atoms with Gasteiger partial charge < -0.3 is 15.1 Å². The monoisotopic (exact) mass is 239 g/mol. The number of rotatable bonds is 8. The minimum Gasteiger partial charge on any atom is -0.314 e. The molecule has 1 heterocycles. The van der Waals surface area contributed by atoms with E-state index in [1.165, 1.54) is 64.7 Å². The van der Waals surface area contributed by atoms with Gasteiger partial charge in [-0.1, -0.05) is 6.42 Å². The third-order valence-corrected chi connectivity index (χ3v) is 4.14. The molecule has 2 fully saturated rings. The Kier molecular flexibility index (Phi) is 5.26. The minimum absolute atomic E-state index is 0.798. The third kappa shape index (κ3) is 4.94. The Labute approximate surface area is 107 Å². The molecule has 0 spiro atoms. The van der Waals surface area contributed by atoms with Crippen LogP contribution in [0.25, 0.3) is 0 Å². The number of unbranched alkanes of at least 4 members (excludes halogenated alkanes) is 2. The first-order valence-electron chi connectivity index (χ1n) is 7.38. The van der Waals surface area contributed by atoms with Gasteiger partial charge in [0.05, 0.1) is 0 Å². The lowest BCUT2D eigenvalue weighted by molar-refractivity contribution is 0.265. The molecule has 0 amide bonds. The number of hydrogen-bond donors (Lipinski definition) is 1. The fraction of sp³-hybridized carbons (Fsp3) is 1.00. The molecule has 1 aliphatic heterocycles. The van der Waals surface area contributed by atoms with E-state index in [2.05, 4.69) is 29.2 Å². The van der Waals surface area contributed by atoms with Crippen molar-refractivity contribution >= 4 is 0 Å². The Hall–Kier alpha value is -0.120. The Morgan fingerprint density at radius 1 is 1.12 bits per heavy atom. The lowest BCUT2D eigenvalue weighted by Gasteiger charge is -2.20. The van der Waals surface area contributed by atoms with Gasteiger partial charge >= 0.3 is 0 Å². The van der Waals surface area contributed by atoms with E-state index in [-0.39, 0.29) is 0 Å². The SMILES string of the molecule is CN(C)C1CCN(CCCCCNC2CC2)C1. The first-order valence-corrected chi connectivity index (χ1v) is 7.38. The van der Waals surface area contributed by atoms with E-state index < -0.39 is 0 Å². The van der Waals surface area contributed by atoms with Crippen molar-refractivity contribution in [3.05, 3.63) is 0 Å². The van der Waals surface area contributed by atoms with Crippen molar-refractivity contribution in [3.8, 4) is 0 Å². The molecule has 1 aliphatic carbocycles. The summed E-state index contributed by atoms with van der Waals surface area (Å²) in [6, 6.07) is 1.68. The first kappa shape index (κ1) is 13.3.